The minimum Gasteiger partial charge on any atom is -0.598 e. The Balaban J connectivity index is 4.14. The van der Waals surface area contributed by atoms with Gasteiger partial charge in [0.15, 0.2) is 11.6 Å². The van der Waals surface area contributed by atoms with E-state index in [9.17, 15) is 23.0 Å². The van der Waals surface area contributed by atoms with Gasteiger partial charge in [-0.15, -0.1) is 0 Å². The topological polar surface area (TPSA) is 63.2 Å². The van der Waals surface area contributed by atoms with Crippen molar-refractivity contribution in [3.8, 4) is 0 Å². The number of carbonyl (C=O) groups is 1. The van der Waals surface area contributed by atoms with Gasteiger partial charge in [-0.25, -0.2) is 0 Å². The smallest absolute Gasteiger partial charge is 0.289 e. The normalized spacial score (nSPS) is 13.6. The van der Waals surface area contributed by atoms with Crippen molar-refractivity contribution in [2.45, 2.75) is 0 Å². The molecule has 0 aromatic carbocycles. The van der Waals surface area contributed by atoms with Crippen LogP contribution in [-0.2, 0) is 4.79 Å². The van der Waals surface area contributed by atoms with Crippen LogP contribution in [0.2, 0.25) is 0 Å². The van der Waals surface area contributed by atoms with E-state index >= 15 is 0 Å². The van der Waals surface area contributed by atoms with Crippen LogP contribution in [0.4, 0.5) is 8.39 Å². The lowest BCUT2D eigenvalue weighted by atomic mass is 10.5. The summed E-state index contributed by atoms with van der Waals surface area (Å²) in [6.45, 7) is 0. The maximum absolute atomic E-state index is 11.4. The van der Waals surface area contributed by atoms with E-state index in [-0.39, 0.29) is 11.6 Å². The molecule has 0 fully saturated rings. The largest absolute Gasteiger partial charge is 0.598 e. The van der Waals surface area contributed by atoms with Crippen LogP contribution in [0.3, 0.4) is 0 Å². The Morgan fingerprint density at radius 2 is 1.50 bits per heavy atom. The average molecular weight is 186 g/mol. The summed E-state index contributed by atoms with van der Waals surface area (Å²) in [6.07, 6.45) is 0. The monoisotopic (exact) mass is 186 g/mol. The number of ketones is 1. The number of Topliss-reactive ketones (excluding diaryl/α,β-unsaturated/α-hetero) is 1. The zero-order valence-electron chi connectivity index (χ0n) is 4.53. The molecule has 0 aromatic rings. The fraction of sp³-hybridized carbons (Fsp3) is 0. The van der Waals surface area contributed by atoms with Crippen molar-refractivity contribution in [3.63, 3.8) is 0 Å². The molecule has 0 saturated heterocycles. The molecule has 0 rings (SSSR count). The lowest BCUT2D eigenvalue weighted by Gasteiger charge is -1.77. The molecule has 0 radical (unpaired) electrons. The third-order valence-corrected chi connectivity index (χ3v) is 1.37. The second kappa shape index (κ2) is 4.58. The summed E-state index contributed by atoms with van der Waals surface area (Å²) >= 11 is 0. The van der Waals surface area contributed by atoms with E-state index in [4.69, 9.17) is 0 Å². The van der Waals surface area contributed by atoms with Crippen LogP contribution >= 0.6 is 16.2 Å². The molecule has 0 N–H and O–H groups in total. The van der Waals surface area contributed by atoms with E-state index in [2.05, 4.69) is 0 Å². The van der Waals surface area contributed by atoms with Crippen molar-refractivity contribution in [1.82, 2.24) is 0 Å². The van der Waals surface area contributed by atoms with Crippen LogP contribution in [0.15, 0.2) is 0 Å². The van der Waals surface area contributed by atoms with E-state index in [1.165, 1.54) is 0 Å². The van der Waals surface area contributed by atoms with Gasteiger partial charge in [0.05, 0.1) is 0 Å². The van der Waals surface area contributed by atoms with E-state index in [1.54, 1.807) is 0 Å². The minimum absolute atomic E-state index is 0.155. The molecule has 0 heterocycles. The molecule has 0 saturated carbocycles. The average Bonchev–Trinajstić information content (AvgIpc) is 1.58. The fourth-order valence-corrected chi connectivity index (χ4v) is 0.900. The van der Waals surface area contributed by atoms with E-state index in [0.29, 0.717) is 0 Å². The predicted octanol–water partition coefficient (Wildman–Crippen LogP) is -0.557. The third-order valence-electron chi connectivity index (χ3n) is 0.457. The summed E-state index contributed by atoms with van der Waals surface area (Å²) in [7, 11) is -6.44. The van der Waals surface area contributed by atoms with Crippen molar-refractivity contribution in [2.24, 2.45) is 0 Å². The van der Waals surface area contributed by atoms with Gasteiger partial charge in [-0.3, -0.25) is 4.79 Å². The molecule has 0 aliphatic heterocycles. The maximum atomic E-state index is 11.4. The molecular weight excluding hydrogens is 184 g/mol. The van der Waals surface area contributed by atoms with Gasteiger partial charge in [-0.05, 0) is 0 Å². The van der Waals surface area contributed by atoms with Crippen LogP contribution in [-0.4, -0.2) is 17.4 Å². The van der Waals surface area contributed by atoms with Crippen LogP contribution < -0.4 is 9.79 Å². The summed E-state index contributed by atoms with van der Waals surface area (Å²) in [6, 6.07) is 0. The van der Waals surface area contributed by atoms with Gasteiger partial charge in [-0.2, -0.15) is 0 Å². The summed E-state index contributed by atoms with van der Waals surface area (Å²) in [5.74, 6) is -0.850. The molecule has 0 aromatic heterocycles. The number of carbonyl (C=O) groups excluding carboxylic acids is 1. The van der Waals surface area contributed by atoms with Crippen LogP contribution in [0, 0.1) is 0 Å². The van der Waals surface area contributed by atoms with E-state index < -0.39 is 21.9 Å². The van der Waals surface area contributed by atoms with Gasteiger partial charge >= 0.3 is 0 Å². The van der Waals surface area contributed by atoms with Gasteiger partial charge in [0.25, 0.3) is 21.9 Å². The quantitative estimate of drug-likeness (QED) is 0.543. The molecule has 7 heteroatoms. The number of hydrogen-bond donors (Lipinski definition) is 0. The number of rotatable bonds is 2. The first kappa shape index (κ1) is 9.79. The first-order chi connectivity index (χ1) is 4.52. The molecule has 0 aliphatic carbocycles. The highest BCUT2D eigenvalue weighted by atomic mass is 31.1. The Kier molecular flexibility index (Phi) is 4.49. The van der Waals surface area contributed by atoms with Gasteiger partial charge in [-0.1, -0.05) is 0 Å². The van der Waals surface area contributed by atoms with Crippen molar-refractivity contribution in [1.29, 1.82) is 0 Å². The van der Waals surface area contributed by atoms with Crippen molar-refractivity contribution >= 4 is 33.5 Å². The molecule has 56 valence electrons. The maximum Gasteiger partial charge on any atom is 0.289 e. The zero-order valence-corrected chi connectivity index (χ0v) is 6.32. The molecule has 2 atom stereocenters. The SMILES string of the molecule is O=C(/C=[P+](\[O-])F)/C=[P+](\[O-])F. The highest BCUT2D eigenvalue weighted by Crippen LogP contribution is 2.11. The first-order valence-electron chi connectivity index (χ1n) is 2.00. The number of halogens is 2. The number of hydrogen-bond acceptors (Lipinski definition) is 3. The standard InChI is InChI=1S/C3H2F2O3P2/c4-9(7)1-3(6)2-10(5)8/h1-2H. The van der Waals surface area contributed by atoms with Gasteiger partial charge in [0, 0.05) is 8.39 Å². The van der Waals surface area contributed by atoms with Crippen molar-refractivity contribution in [3.05, 3.63) is 0 Å². The highest BCUT2D eigenvalue weighted by Gasteiger charge is 2.05. The van der Waals surface area contributed by atoms with Crippen LogP contribution in [0.5, 0.6) is 0 Å². The zero-order chi connectivity index (χ0) is 8.15. The summed E-state index contributed by atoms with van der Waals surface area (Å²) in [5.41, 5.74) is 0. The Hall–Kier alpha value is -0.210. The van der Waals surface area contributed by atoms with Crippen molar-refractivity contribution in [2.75, 3.05) is 0 Å². The Bertz CT molecular complexity index is 172. The molecular formula is C3H2F2O3P2. The summed E-state index contributed by atoms with van der Waals surface area (Å²) in [4.78, 5) is 29.3. The third kappa shape index (κ3) is 5.92. The van der Waals surface area contributed by atoms with E-state index in [0.717, 1.165) is 0 Å². The van der Waals surface area contributed by atoms with Gasteiger partial charge in [0.2, 0.25) is 0 Å². The fourth-order valence-electron chi connectivity index (χ4n) is 0.233. The second-order valence-electron chi connectivity index (χ2n) is 1.20. The van der Waals surface area contributed by atoms with Crippen LogP contribution in [0.1, 0.15) is 0 Å². The predicted molar refractivity (Wildman–Crippen MR) is 33.2 cm³/mol. The van der Waals surface area contributed by atoms with Crippen LogP contribution in [0.25, 0.3) is 0 Å². The summed E-state index contributed by atoms with van der Waals surface area (Å²) in [5, 5.41) is 0. The molecule has 3 nitrogen and oxygen atoms in total. The van der Waals surface area contributed by atoms with Crippen molar-refractivity contribution < 1.29 is 23.0 Å². The Morgan fingerprint density at radius 1 is 1.20 bits per heavy atom. The lowest BCUT2D eigenvalue weighted by Crippen LogP contribution is -2.02. The highest BCUT2D eigenvalue weighted by molar-refractivity contribution is 7.51. The molecule has 0 spiro atoms. The molecule has 0 bridgehead atoms. The van der Waals surface area contributed by atoms with E-state index in [1.807, 2.05) is 0 Å². The van der Waals surface area contributed by atoms with Gasteiger partial charge in [0.1, 0.15) is 0 Å². The lowest BCUT2D eigenvalue weighted by molar-refractivity contribution is -0.162. The molecule has 0 aliphatic rings. The molecule has 2 unspecified atom stereocenters. The molecule has 10 heavy (non-hydrogen) atoms. The summed E-state index contributed by atoms with van der Waals surface area (Å²) < 4.78 is 22.8. The van der Waals surface area contributed by atoms with Gasteiger partial charge < -0.3 is 9.79 Å². The second-order valence-corrected chi connectivity index (χ2v) is 2.81. The molecule has 0 amide bonds. The first-order valence-corrected chi connectivity index (χ1v) is 4.44. The Labute approximate surface area is 57.5 Å². The Morgan fingerprint density at radius 3 is 1.70 bits per heavy atom. The minimum atomic E-state index is -3.22.